The molecule has 2 nitrogen and oxygen atoms in total. The lowest BCUT2D eigenvalue weighted by atomic mass is 10.1. The molecular formula is C11H19BrO2. The van der Waals surface area contributed by atoms with Crippen LogP contribution in [0.4, 0.5) is 0 Å². The van der Waals surface area contributed by atoms with Crippen LogP contribution in [0.1, 0.15) is 51.4 Å². The molecule has 0 aromatic rings. The van der Waals surface area contributed by atoms with Gasteiger partial charge >= 0.3 is 0 Å². The number of carbonyl (C=O) groups excluding carboxylic acids is 2. The van der Waals surface area contributed by atoms with Gasteiger partial charge < -0.3 is 4.79 Å². The van der Waals surface area contributed by atoms with E-state index in [0.717, 1.165) is 18.2 Å². The second-order valence-electron chi connectivity index (χ2n) is 3.47. The Morgan fingerprint density at radius 1 is 1.00 bits per heavy atom. The normalized spacial score (nSPS) is 10.1. The summed E-state index contributed by atoms with van der Waals surface area (Å²) in [5.41, 5.74) is 0. The molecule has 0 aliphatic heterocycles. The third-order valence-electron chi connectivity index (χ3n) is 2.15. The quantitative estimate of drug-likeness (QED) is 0.262. The summed E-state index contributed by atoms with van der Waals surface area (Å²) < 4.78 is 0. The lowest BCUT2D eigenvalue weighted by Crippen LogP contribution is -1.97. The van der Waals surface area contributed by atoms with Crippen molar-refractivity contribution >= 4 is 28.0 Å². The third-order valence-corrected chi connectivity index (χ3v) is 2.71. The number of alkyl halides is 1. The van der Waals surface area contributed by atoms with Crippen molar-refractivity contribution in [2.75, 3.05) is 5.33 Å². The van der Waals surface area contributed by atoms with Gasteiger partial charge in [0.25, 0.3) is 0 Å². The van der Waals surface area contributed by atoms with E-state index in [2.05, 4.69) is 15.9 Å². The van der Waals surface area contributed by atoms with Crippen LogP contribution in [0.3, 0.4) is 0 Å². The van der Waals surface area contributed by atoms with Crippen LogP contribution in [0.5, 0.6) is 0 Å². The molecule has 0 fully saturated rings. The second kappa shape index (κ2) is 10.9. The highest BCUT2D eigenvalue weighted by Crippen LogP contribution is 2.08. The van der Waals surface area contributed by atoms with Crippen molar-refractivity contribution in [3.8, 4) is 0 Å². The van der Waals surface area contributed by atoms with E-state index in [1.54, 1.807) is 0 Å². The van der Waals surface area contributed by atoms with Crippen molar-refractivity contribution in [1.29, 1.82) is 0 Å². The van der Waals surface area contributed by atoms with Crippen molar-refractivity contribution in [3.05, 3.63) is 0 Å². The molecular weight excluding hydrogens is 244 g/mol. The maximum atomic E-state index is 10.9. The number of rotatable bonds is 10. The molecule has 0 heterocycles. The zero-order valence-electron chi connectivity index (χ0n) is 8.64. The van der Waals surface area contributed by atoms with Crippen LogP contribution in [0.2, 0.25) is 0 Å². The van der Waals surface area contributed by atoms with Gasteiger partial charge in [0, 0.05) is 11.8 Å². The van der Waals surface area contributed by atoms with E-state index < -0.39 is 0 Å². The minimum atomic E-state index is 0.0838. The molecule has 0 aliphatic carbocycles. The van der Waals surface area contributed by atoms with Crippen LogP contribution < -0.4 is 0 Å². The smallest absolute Gasteiger partial charge is 0.139 e. The van der Waals surface area contributed by atoms with E-state index >= 15 is 0 Å². The number of hydrogen-bond donors (Lipinski definition) is 0. The van der Waals surface area contributed by atoms with E-state index in [4.69, 9.17) is 0 Å². The molecule has 0 atom stereocenters. The number of hydrogen-bond acceptors (Lipinski definition) is 2. The summed E-state index contributed by atoms with van der Waals surface area (Å²) in [5, 5.41) is 1.09. The zero-order chi connectivity index (χ0) is 10.6. The Morgan fingerprint density at radius 3 is 2.14 bits per heavy atom. The minimum Gasteiger partial charge on any atom is -0.303 e. The number of aldehydes is 1. The number of ketones is 1. The van der Waals surface area contributed by atoms with Gasteiger partial charge in [-0.05, 0) is 12.8 Å². The fourth-order valence-electron chi connectivity index (χ4n) is 1.32. The molecule has 0 rings (SSSR count). The highest BCUT2D eigenvalue weighted by Gasteiger charge is 1.99. The minimum absolute atomic E-state index is 0.0838. The first kappa shape index (κ1) is 13.8. The third kappa shape index (κ3) is 9.90. The van der Waals surface area contributed by atoms with Crippen molar-refractivity contribution in [3.63, 3.8) is 0 Å². The molecule has 3 heteroatoms. The highest BCUT2D eigenvalue weighted by atomic mass is 79.9. The average Bonchev–Trinajstić information content (AvgIpc) is 2.17. The number of carbonyl (C=O) groups is 2. The first-order valence-corrected chi connectivity index (χ1v) is 6.44. The Bertz CT molecular complexity index is 157. The van der Waals surface area contributed by atoms with Gasteiger partial charge in [0.05, 0.1) is 6.42 Å². The topological polar surface area (TPSA) is 34.1 Å². The SMILES string of the molecule is O=CCC(=O)CCCCCCCCBr. The standard InChI is InChI=1S/C11H19BrO2/c12-9-6-4-2-1-3-5-7-11(14)8-10-13/h10H,1-9H2. The van der Waals surface area contributed by atoms with Gasteiger partial charge in [0.15, 0.2) is 0 Å². The maximum Gasteiger partial charge on any atom is 0.139 e. The molecule has 0 radical (unpaired) electrons. The van der Waals surface area contributed by atoms with Crippen LogP contribution in [0, 0.1) is 0 Å². The Hall–Kier alpha value is -0.180. The van der Waals surface area contributed by atoms with E-state index in [9.17, 15) is 9.59 Å². The molecule has 0 aliphatic rings. The van der Waals surface area contributed by atoms with Gasteiger partial charge in [-0.3, -0.25) is 4.79 Å². The predicted octanol–water partition coefficient (Wildman–Crippen LogP) is 3.27. The van der Waals surface area contributed by atoms with E-state index in [-0.39, 0.29) is 12.2 Å². The van der Waals surface area contributed by atoms with Crippen LogP contribution in [0.25, 0.3) is 0 Å². The molecule has 14 heavy (non-hydrogen) atoms. The van der Waals surface area contributed by atoms with Crippen molar-refractivity contribution < 1.29 is 9.59 Å². The molecule has 0 bridgehead atoms. The molecule has 0 aromatic heterocycles. The zero-order valence-corrected chi connectivity index (χ0v) is 10.2. The number of halogens is 1. The number of Topliss-reactive ketones (excluding diaryl/α,β-unsaturated/α-hetero) is 1. The molecule has 0 amide bonds. The second-order valence-corrected chi connectivity index (χ2v) is 4.26. The number of unbranched alkanes of at least 4 members (excludes halogenated alkanes) is 5. The fraction of sp³-hybridized carbons (Fsp3) is 0.818. The van der Waals surface area contributed by atoms with Gasteiger partial charge in [-0.1, -0.05) is 41.6 Å². The summed E-state index contributed by atoms with van der Waals surface area (Å²) in [5.74, 6) is 0.0838. The average molecular weight is 263 g/mol. The van der Waals surface area contributed by atoms with Gasteiger partial charge in [0.2, 0.25) is 0 Å². The summed E-state index contributed by atoms with van der Waals surface area (Å²) in [7, 11) is 0. The lowest BCUT2D eigenvalue weighted by molar-refractivity contribution is -0.122. The Balaban J connectivity index is 3.05. The first-order chi connectivity index (χ1) is 6.81. The Morgan fingerprint density at radius 2 is 1.57 bits per heavy atom. The largest absolute Gasteiger partial charge is 0.303 e. The summed E-state index contributed by atoms with van der Waals surface area (Å²) in [6, 6.07) is 0. The molecule has 0 spiro atoms. The van der Waals surface area contributed by atoms with Crippen molar-refractivity contribution in [2.24, 2.45) is 0 Å². The van der Waals surface area contributed by atoms with Crippen LogP contribution in [0.15, 0.2) is 0 Å². The summed E-state index contributed by atoms with van der Waals surface area (Å²) in [6.45, 7) is 0. The predicted molar refractivity (Wildman–Crippen MR) is 61.8 cm³/mol. The van der Waals surface area contributed by atoms with E-state index in [1.165, 1.54) is 25.7 Å². The summed E-state index contributed by atoms with van der Waals surface area (Å²) >= 11 is 3.39. The molecule has 0 saturated carbocycles. The van der Waals surface area contributed by atoms with Gasteiger partial charge in [-0.15, -0.1) is 0 Å². The first-order valence-electron chi connectivity index (χ1n) is 5.32. The maximum absolute atomic E-state index is 10.9. The van der Waals surface area contributed by atoms with E-state index in [1.807, 2.05) is 0 Å². The summed E-state index contributed by atoms with van der Waals surface area (Å²) in [6.07, 6.45) is 8.42. The van der Waals surface area contributed by atoms with Crippen molar-refractivity contribution in [1.82, 2.24) is 0 Å². The molecule has 0 unspecified atom stereocenters. The van der Waals surface area contributed by atoms with Crippen LogP contribution in [-0.4, -0.2) is 17.4 Å². The fourth-order valence-corrected chi connectivity index (χ4v) is 1.72. The molecule has 0 aromatic carbocycles. The molecule has 0 saturated heterocycles. The van der Waals surface area contributed by atoms with Gasteiger partial charge in [0.1, 0.15) is 12.1 Å². The van der Waals surface area contributed by atoms with E-state index in [0.29, 0.717) is 12.7 Å². The molecule has 82 valence electrons. The Kier molecular flexibility index (Phi) is 10.8. The van der Waals surface area contributed by atoms with Crippen LogP contribution >= 0.6 is 15.9 Å². The highest BCUT2D eigenvalue weighted by molar-refractivity contribution is 9.09. The summed E-state index contributed by atoms with van der Waals surface area (Å²) in [4.78, 5) is 20.9. The van der Waals surface area contributed by atoms with Gasteiger partial charge in [-0.25, -0.2) is 0 Å². The molecule has 0 N–H and O–H groups in total. The van der Waals surface area contributed by atoms with Gasteiger partial charge in [-0.2, -0.15) is 0 Å². The lowest BCUT2D eigenvalue weighted by Gasteiger charge is -1.99. The monoisotopic (exact) mass is 262 g/mol. The van der Waals surface area contributed by atoms with Crippen LogP contribution in [-0.2, 0) is 9.59 Å². The van der Waals surface area contributed by atoms with Crippen molar-refractivity contribution in [2.45, 2.75) is 51.4 Å². The Labute approximate surface area is 94.6 Å².